The van der Waals surface area contributed by atoms with Gasteiger partial charge in [-0.15, -0.1) is 0 Å². The van der Waals surface area contributed by atoms with Crippen LogP contribution in [-0.2, 0) is 23.1 Å². The smallest absolute Gasteiger partial charge is 0.280 e. The normalized spacial score (nSPS) is 11.6. The molecule has 0 aliphatic carbocycles. The first kappa shape index (κ1) is 15.5. The third-order valence-corrected chi connectivity index (χ3v) is 4.66. The minimum atomic E-state index is -3.71. The van der Waals surface area contributed by atoms with Crippen molar-refractivity contribution in [2.75, 3.05) is 4.72 Å². The van der Waals surface area contributed by atoms with Gasteiger partial charge >= 0.3 is 0 Å². The van der Waals surface area contributed by atoms with E-state index in [4.69, 9.17) is 5.73 Å². The van der Waals surface area contributed by atoms with E-state index in [1.165, 1.54) is 6.20 Å². The van der Waals surface area contributed by atoms with Crippen molar-refractivity contribution >= 4 is 15.7 Å². The monoisotopic (exact) mass is 308 g/mol. The maximum atomic E-state index is 12.4. The van der Waals surface area contributed by atoms with Crippen molar-refractivity contribution in [1.82, 2.24) is 9.55 Å². The number of anilines is 1. The first-order valence-electron chi connectivity index (χ1n) is 6.74. The van der Waals surface area contributed by atoms with Crippen LogP contribution in [0.2, 0.25) is 0 Å². The molecule has 0 amide bonds. The van der Waals surface area contributed by atoms with E-state index < -0.39 is 10.0 Å². The Morgan fingerprint density at radius 2 is 2.05 bits per heavy atom. The van der Waals surface area contributed by atoms with E-state index >= 15 is 0 Å². The van der Waals surface area contributed by atoms with Crippen molar-refractivity contribution in [2.24, 2.45) is 5.73 Å². The standard InChI is InChI=1S/C14H20N4O2S/c1-4-18-9-14(16-11(18)3)21(19,20)17-13-7-5-6-10(2)12(13)8-15/h5-7,9,17H,4,8,15H2,1-3H3. The number of nitrogens with one attached hydrogen (secondary N) is 1. The van der Waals surface area contributed by atoms with Crippen LogP contribution in [0, 0.1) is 13.8 Å². The number of nitrogens with zero attached hydrogens (tertiary/aromatic N) is 2. The summed E-state index contributed by atoms with van der Waals surface area (Å²) in [6.45, 7) is 6.56. The lowest BCUT2D eigenvalue weighted by Gasteiger charge is -2.12. The molecule has 0 saturated carbocycles. The molecule has 2 aromatic rings. The Labute approximate surface area is 125 Å². The van der Waals surface area contributed by atoms with Crippen LogP contribution in [-0.4, -0.2) is 18.0 Å². The average molecular weight is 308 g/mol. The molecule has 3 N–H and O–H groups in total. The van der Waals surface area contributed by atoms with Gasteiger partial charge in [0.15, 0.2) is 5.03 Å². The lowest BCUT2D eigenvalue weighted by Crippen LogP contribution is -2.16. The maximum absolute atomic E-state index is 12.4. The molecule has 0 aliphatic rings. The summed E-state index contributed by atoms with van der Waals surface area (Å²) in [5.41, 5.74) is 7.94. The highest BCUT2D eigenvalue weighted by Crippen LogP contribution is 2.22. The molecule has 114 valence electrons. The van der Waals surface area contributed by atoms with Crippen molar-refractivity contribution in [3.05, 3.63) is 41.3 Å². The molecule has 0 aliphatic heterocycles. The van der Waals surface area contributed by atoms with Gasteiger partial charge in [0.1, 0.15) is 5.82 Å². The summed E-state index contributed by atoms with van der Waals surface area (Å²) in [6, 6.07) is 5.40. The first-order chi connectivity index (χ1) is 9.89. The number of sulfonamides is 1. The SMILES string of the molecule is CCn1cc(S(=O)(=O)Nc2cccc(C)c2CN)nc1C. The van der Waals surface area contributed by atoms with Crippen molar-refractivity contribution in [1.29, 1.82) is 0 Å². The largest absolute Gasteiger partial charge is 0.334 e. The zero-order valence-corrected chi connectivity index (χ0v) is 13.2. The van der Waals surface area contributed by atoms with Gasteiger partial charge in [-0.1, -0.05) is 12.1 Å². The number of hydrogen-bond acceptors (Lipinski definition) is 4. The van der Waals surface area contributed by atoms with E-state index in [9.17, 15) is 8.42 Å². The van der Waals surface area contributed by atoms with Crippen LogP contribution < -0.4 is 10.5 Å². The molecule has 6 nitrogen and oxygen atoms in total. The molecule has 1 heterocycles. The summed E-state index contributed by atoms with van der Waals surface area (Å²) in [5, 5.41) is 0.0197. The Hall–Kier alpha value is -1.86. The van der Waals surface area contributed by atoms with Crippen LogP contribution in [0.25, 0.3) is 0 Å². The van der Waals surface area contributed by atoms with E-state index in [1.807, 2.05) is 19.9 Å². The van der Waals surface area contributed by atoms with Gasteiger partial charge in [-0.2, -0.15) is 8.42 Å². The summed E-state index contributed by atoms with van der Waals surface area (Å²) in [6.07, 6.45) is 1.54. The quantitative estimate of drug-likeness (QED) is 0.881. The zero-order valence-electron chi connectivity index (χ0n) is 12.4. The van der Waals surface area contributed by atoms with E-state index in [1.54, 1.807) is 23.6 Å². The molecule has 0 radical (unpaired) electrons. The Kier molecular flexibility index (Phi) is 4.34. The Bertz CT molecular complexity index is 750. The molecule has 1 aromatic carbocycles. The summed E-state index contributed by atoms with van der Waals surface area (Å²) in [5.74, 6) is 0.668. The van der Waals surface area contributed by atoms with Gasteiger partial charge in [0.2, 0.25) is 0 Å². The molecule has 0 spiro atoms. The fourth-order valence-corrected chi connectivity index (χ4v) is 3.30. The molecule has 0 unspecified atom stereocenters. The highest BCUT2D eigenvalue weighted by molar-refractivity contribution is 7.92. The highest BCUT2D eigenvalue weighted by atomic mass is 32.2. The van der Waals surface area contributed by atoms with Crippen molar-refractivity contribution in [3.8, 4) is 0 Å². The van der Waals surface area contributed by atoms with E-state index in [0.29, 0.717) is 18.1 Å². The minimum Gasteiger partial charge on any atom is -0.334 e. The topological polar surface area (TPSA) is 90.0 Å². The molecule has 0 atom stereocenters. The second-order valence-corrected chi connectivity index (χ2v) is 6.45. The van der Waals surface area contributed by atoms with Crippen LogP contribution in [0.1, 0.15) is 23.9 Å². The molecule has 7 heteroatoms. The van der Waals surface area contributed by atoms with Crippen LogP contribution in [0.5, 0.6) is 0 Å². The third-order valence-electron chi connectivity index (χ3n) is 3.43. The van der Waals surface area contributed by atoms with Crippen LogP contribution in [0.3, 0.4) is 0 Å². The van der Waals surface area contributed by atoms with Gasteiger partial charge in [-0.25, -0.2) is 4.98 Å². The Balaban J connectivity index is 2.40. The summed E-state index contributed by atoms with van der Waals surface area (Å²) >= 11 is 0. The Morgan fingerprint density at radius 3 is 2.62 bits per heavy atom. The molecule has 0 bridgehead atoms. The van der Waals surface area contributed by atoms with Crippen LogP contribution in [0.4, 0.5) is 5.69 Å². The van der Waals surface area contributed by atoms with Gasteiger partial charge in [0, 0.05) is 19.3 Å². The van der Waals surface area contributed by atoms with E-state index in [-0.39, 0.29) is 11.6 Å². The number of hydrogen-bond donors (Lipinski definition) is 2. The number of aryl methyl sites for hydroxylation is 3. The number of aromatic nitrogens is 2. The highest BCUT2D eigenvalue weighted by Gasteiger charge is 2.20. The van der Waals surface area contributed by atoms with E-state index in [0.717, 1.165) is 11.1 Å². The van der Waals surface area contributed by atoms with Crippen LogP contribution >= 0.6 is 0 Å². The fraction of sp³-hybridized carbons (Fsp3) is 0.357. The third kappa shape index (κ3) is 3.08. The van der Waals surface area contributed by atoms with Gasteiger partial charge in [0.25, 0.3) is 10.0 Å². The molecule has 0 saturated heterocycles. The summed E-state index contributed by atoms with van der Waals surface area (Å²) < 4.78 is 29.2. The first-order valence-corrected chi connectivity index (χ1v) is 8.22. The maximum Gasteiger partial charge on any atom is 0.280 e. The fourth-order valence-electron chi connectivity index (χ4n) is 2.19. The predicted molar refractivity (Wildman–Crippen MR) is 82.5 cm³/mol. The molecule has 1 aromatic heterocycles. The van der Waals surface area contributed by atoms with Crippen molar-refractivity contribution in [2.45, 2.75) is 38.9 Å². The van der Waals surface area contributed by atoms with Gasteiger partial charge in [-0.05, 0) is 38.0 Å². The second-order valence-electron chi connectivity index (χ2n) is 4.82. The second kappa shape index (κ2) is 5.87. The lowest BCUT2D eigenvalue weighted by atomic mass is 10.1. The number of nitrogens with two attached hydrogens (primary N) is 1. The van der Waals surface area contributed by atoms with Gasteiger partial charge in [-0.3, -0.25) is 4.72 Å². The predicted octanol–water partition coefficient (Wildman–Crippen LogP) is 1.78. The summed E-state index contributed by atoms with van der Waals surface area (Å²) in [7, 11) is -3.71. The van der Waals surface area contributed by atoms with Crippen molar-refractivity contribution < 1.29 is 8.42 Å². The molecular weight excluding hydrogens is 288 g/mol. The molecule has 21 heavy (non-hydrogen) atoms. The Morgan fingerprint density at radius 1 is 1.33 bits per heavy atom. The van der Waals surface area contributed by atoms with E-state index in [2.05, 4.69) is 9.71 Å². The van der Waals surface area contributed by atoms with Crippen molar-refractivity contribution in [3.63, 3.8) is 0 Å². The van der Waals surface area contributed by atoms with Crippen LogP contribution in [0.15, 0.2) is 29.4 Å². The zero-order chi connectivity index (χ0) is 15.6. The average Bonchev–Trinajstić information content (AvgIpc) is 2.81. The number of rotatable bonds is 5. The van der Waals surface area contributed by atoms with Gasteiger partial charge < -0.3 is 10.3 Å². The lowest BCUT2D eigenvalue weighted by molar-refractivity contribution is 0.598. The molecule has 0 fully saturated rings. The minimum absolute atomic E-state index is 0.0197. The summed E-state index contributed by atoms with van der Waals surface area (Å²) in [4.78, 5) is 4.11. The number of benzene rings is 1. The molecular formula is C14H20N4O2S. The number of imidazole rings is 1. The van der Waals surface area contributed by atoms with Gasteiger partial charge in [0.05, 0.1) is 5.69 Å². The molecule has 2 rings (SSSR count).